The van der Waals surface area contributed by atoms with Crippen molar-refractivity contribution < 1.29 is 38.7 Å². The van der Waals surface area contributed by atoms with Gasteiger partial charge in [-0.15, -0.1) is 0 Å². The SMILES string of the molecule is COC(=O)[C@@H]1[C@@H](C(=O)OC)[C@H](c2ccc(O)c(OC)c2)[C@H]1c1ccc(O)c(OC)c1. The summed E-state index contributed by atoms with van der Waals surface area (Å²) in [5.74, 6) is -3.14. The molecule has 0 amide bonds. The van der Waals surface area contributed by atoms with Crippen molar-refractivity contribution in [3.8, 4) is 23.0 Å². The van der Waals surface area contributed by atoms with Gasteiger partial charge in [-0.3, -0.25) is 9.59 Å². The Morgan fingerprint density at radius 1 is 0.700 bits per heavy atom. The van der Waals surface area contributed by atoms with Crippen molar-refractivity contribution in [3.05, 3.63) is 47.5 Å². The first-order valence-electron chi connectivity index (χ1n) is 9.27. The van der Waals surface area contributed by atoms with E-state index in [1.54, 1.807) is 24.3 Å². The Morgan fingerprint density at radius 2 is 1.07 bits per heavy atom. The molecule has 0 aromatic heterocycles. The minimum absolute atomic E-state index is 0.0393. The number of phenolic OH excluding ortho intramolecular Hbond substituents is 2. The second-order valence-corrected chi connectivity index (χ2v) is 7.01. The number of rotatable bonds is 6. The highest BCUT2D eigenvalue weighted by molar-refractivity contribution is 5.87. The number of phenols is 2. The van der Waals surface area contributed by atoms with Crippen molar-refractivity contribution in [1.29, 1.82) is 0 Å². The molecule has 1 aliphatic rings. The summed E-state index contributed by atoms with van der Waals surface area (Å²) in [5.41, 5.74) is 1.38. The number of methoxy groups -OCH3 is 4. The van der Waals surface area contributed by atoms with Crippen LogP contribution >= 0.6 is 0 Å². The van der Waals surface area contributed by atoms with Gasteiger partial charge in [0.25, 0.3) is 0 Å². The molecular weight excluding hydrogens is 392 g/mol. The van der Waals surface area contributed by atoms with Crippen molar-refractivity contribution in [3.63, 3.8) is 0 Å². The zero-order chi connectivity index (χ0) is 22.0. The Bertz CT molecular complexity index is 877. The van der Waals surface area contributed by atoms with Crippen LogP contribution in [0.25, 0.3) is 0 Å². The minimum Gasteiger partial charge on any atom is -0.504 e. The van der Waals surface area contributed by atoms with E-state index >= 15 is 0 Å². The third-order valence-corrected chi connectivity index (χ3v) is 5.67. The van der Waals surface area contributed by atoms with Gasteiger partial charge in [0.2, 0.25) is 0 Å². The zero-order valence-corrected chi connectivity index (χ0v) is 17.1. The largest absolute Gasteiger partial charge is 0.504 e. The summed E-state index contributed by atoms with van der Waals surface area (Å²) in [5, 5.41) is 19.9. The second kappa shape index (κ2) is 8.52. The molecular formula is C22H24O8. The summed E-state index contributed by atoms with van der Waals surface area (Å²) < 4.78 is 20.3. The fourth-order valence-corrected chi connectivity index (χ4v) is 4.24. The second-order valence-electron chi connectivity index (χ2n) is 7.01. The van der Waals surface area contributed by atoms with Crippen LogP contribution < -0.4 is 9.47 Å². The van der Waals surface area contributed by atoms with Gasteiger partial charge in [0.05, 0.1) is 40.3 Å². The van der Waals surface area contributed by atoms with Gasteiger partial charge in [-0.2, -0.15) is 0 Å². The van der Waals surface area contributed by atoms with E-state index in [1.807, 2.05) is 0 Å². The summed E-state index contributed by atoms with van der Waals surface area (Å²) in [7, 11) is 5.39. The topological polar surface area (TPSA) is 112 Å². The third kappa shape index (κ3) is 3.49. The quantitative estimate of drug-likeness (QED) is 0.691. The molecule has 30 heavy (non-hydrogen) atoms. The van der Waals surface area contributed by atoms with Gasteiger partial charge in [0, 0.05) is 11.8 Å². The van der Waals surface area contributed by atoms with Crippen LogP contribution in [0.15, 0.2) is 36.4 Å². The van der Waals surface area contributed by atoms with Gasteiger partial charge in [0.15, 0.2) is 23.0 Å². The van der Waals surface area contributed by atoms with E-state index in [2.05, 4.69) is 0 Å². The van der Waals surface area contributed by atoms with Gasteiger partial charge in [-0.05, 0) is 35.4 Å². The normalized spacial score (nSPS) is 22.5. The maximum Gasteiger partial charge on any atom is 0.310 e. The molecule has 0 radical (unpaired) electrons. The molecule has 0 aliphatic heterocycles. The van der Waals surface area contributed by atoms with Crippen LogP contribution in [-0.4, -0.2) is 50.6 Å². The molecule has 4 atom stereocenters. The van der Waals surface area contributed by atoms with Crippen molar-refractivity contribution in [2.75, 3.05) is 28.4 Å². The average Bonchev–Trinajstić information content (AvgIpc) is 2.74. The number of carbonyl (C=O) groups is 2. The van der Waals surface area contributed by atoms with Crippen molar-refractivity contribution in [1.82, 2.24) is 0 Å². The highest BCUT2D eigenvalue weighted by Gasteiger charge is 2.59. The van der Waals surface area contributed by atoms with Crippen molar-refractivity contribution in [2.24, 2.45) is 11.8 Å². The van der Waals surface area contributed by atoms with Gasteiger partial charge in [-0.1, -0.05) is 12.1 Å². The lowest BCUT2D eigenvalue weighted by Crippen LogP contribution is -2.52. The fourth-order valence-electron chi connectivity index (χ4n) is 4.24. The third-order valence-electron chi connectivity index (χ3n) is 5.67. The van der Waals surface area contributed by atoms with Crippen molar-refractivity contribution in [2.45, 2.75) is 11.8 Å². The first-order chi connectivity index (χ1) is 14.4. The molecule has 0 spiro atoms. The van der Waals surface area contributed by atoms with E-state index in [1.165, 1.54) is 40.6 Å². The van der Waals surface area contributed by atoms with Gasteiger partial charge >= 0.3 is 11.9 Å². The predicted octanol–water partition coefficient (Wildman–Crippen LogP) is 2.57. The number of carbonyl (C=O) groups excluding carboxylic acids is 2. The summed E-state index contributed by atoms with van der Waals surface area (Å²) in [6.07, 6.45) is 0. The first kappa shape index (κ1) is 21.3. The summed E-state index contributed by atoms with van der Waals surface area (Å²) >= 11 is 0. The molecule has 8 heteroatoms. The smallest absolute Gasteiger partial charge is 0.310 e. The van der Waals surface area contributed by atoms with E-state index in [-0.39, 0.29) is 23.0 Å². The molecule has 0 saturated heterocycles. The predicted molar refractivity (Wildman–Crippen MR) is 106 cm³/mol. The van der Waals surface area contributed by atoms with E-state index in [9.17, 15) is 19.8 Å². The molecule has 2 aromatic carbocycles. The van der Waals surface area contributed by atoms with Crippen LogP contribution in [0.3, 0.4) is 0 Å². The molecule has 0 bridgehead atoms. The molecule has 160 valence electrons. The molecule has 8 nitrogen and oxygen atoms in total. The van der Waals surface area contributed by atoms with Crippen LogP contribution in [-0.2, 0) is 19.1 Å². The number of ether oxygens (including phenoxy) is 4. The molecule has 2 aromatic rings. The Labute approximate surface area is 173 Å². The van der Waals surface area contributed by atoms with Crippen LogP contribution in [0.5, 0.6) is 23.0 Å². The van der Waals surface area contributed by atoms with E-state index in [4.69, 9.17) is 18.9 Å². The van der Waals surface area contributed by atoms with Gasteiger partial charge in [0.1, 0.15) is 0 Å². The summed E-state index contributed by atoms with van der Waals surface area (Å²) in [4.78, 5) is 25.2. The lowest BCUT2D eigenvalue weighted by molar-refractivity contribution is -0.168. The number of hydrogen-bond donors (Lipinski definition) is 2. The maximum atomic E-state index is 12.6. The van der Waals surface area contributed by atoms with Crippen molar-refractivity contribution >= 4 is 11.9 Å². The fraction of sp³-hybridized carbons (Fsp3) is 0.364. The number of aromatic hydroxyl groups is 2. The van der Waals surface area contributed by atoms with E-state index in [0.717, 1.165) is 0 Å². The molecule has 2 N–H and O–H groups in total. The molecule has 1 fully saturated rings. The Kier molecular flexibility index (Phi) is 6.05. The Morgan fingerprint density at radius 3 is 1.37 bits per heavy atom. The Hall–Kier alpha value is -3.42. The highest BCUT2D eigenvalue weighted by atomic mass is 16.5. The van der Waals surface area contributed by atoms with E-state index < -0.39 is 35.6 Å². The lowest BCUT2D eigenvalue weighted by Gasteiger charge is -2.49. The molecule has 0 unspecified atom stereocenters. The monoisotopic (exact) mass is 416 g/mol. The number of esters is 2. The average molecular weight is 416 g/mol. The van der Waals surface area contributed by atoms with E-state index in [0.29, 0.717) is 11.1 Å². The maximum absolute atomic E-state index is 12.6. The van der Waals surface area contributed by atoms with Gasteiger partial charge in [-0.25, -0.2) is 0 Å². The summed E-state index contributed by atoms with van der Waals surface area (Å²) in [6, 6.07) is 9.57. The zero-order valence-electron chi connectivity index (χ0n) is 17.1. The van der Waals surface area contributed by atoms with Crippen LogP contribution in [0.2, 0.25) is 0 Å². The molecule has 1 saturated carbocycles. The highest BCUT2D eigenvalue weighted by Crippen LogP contribution is 2.59. The lowest BCUT2D eigenvalue weighted by atomic mass is 9.52. The van der Waals surface area contributed by atoms with Crippen LogP contribution in [0.4, 0.5) is 0 Å². The standard InChI is InChI=1S/C22H24O8/c1-27-15-9-11(5-7-13(15)23)17-18(12-6-8-14(24)16(10-12)28-2)20(22(26)30-4)19(17)21(25)29-3/h5-10,17-20,23-24H,1-4H3/t17-,18-,19+,20+/m1/s1. The van der Waals surface area contributed by atoms with Gasteiger partial charge < -0.3 is 29.2 Å². The number of hydrogen-bond acceptors (Lipinski definition) is 8. The minimum atomic E-state index is -0.790. The van der Waals surface area contributed by atoms with Crippen LogP contribution in [0, 0.1) is 11.8 Å². The summed E-state index contributed by atoms with van der Waals surface area (Å²) in [6.45, 7) is 0. The molecule has 3 rings (SSSR count). The first-order valence-corrected chi connectivity index (χ1v) is 9.27. The number of benzene rings is 2. The molecule has 1 aliphatic carbocycles. The molecule has 0 heterocycles. The van der Waals surface area contributed by atoms with Crippen LogP contribution in [0.1, 0.15) is 23.0 Å². The Balaban J connectivity index is 2.16.